The van der Waals surface area contributed by atoms with Crippen molar-refractivity contribution in [3.05, 3.63) is 75.0 Å². The summed E-state index contributed by atoms with van der Waals surface area (Å²) in [6.07, 6.45) is 1.40. The fraction of sp³-hybridized carbons (Fsp3) is 0.111. The number of aromatic nitrogens is 1. The molecule has 0 aliphatic carbocycles. The van der Waals surface area contributed by atoms with Gasteiger partial charge in [-0.1, -0.05) is 35.9 Å². The SMILES string of the molecule is COc1cccc2c(=O)c(C(=O)NCc3ccccc3Cl)c[nH]c12. The lowest BCUT2D eigenvalue weighted by Crippen LogP contribution is -2.28. The van der Waals surface area contributed by atoms with E-state index in [1.165, 1.54) is 13.3 Å². The van der Waals surface area contributed by atoms with Crippen LogP contribution in [0.1, 0.15) is 15.9 Å². The quantitative estimate of drug-likeness (QED) is 0.765. The van der Waals surface area contributed by atoms with E-state index < -0.39 is 5.91 Å². The second-order valence-electron chi connectivity index (χ2n) is 5.19. The number of fused-ring (bicyclic) bond motifs is 1. The first-order valence-corrected chi connectivity index (χ1v) is 7.69. The minimum atomic E-state index is -0.458. The Morgan fingerprint density at radius 3 is 2.75 bits per heavy atom. The van der Waals surface area contributed by atoms with Crippen molar-refractivity contribution in [3.63, 3.8) is 0 Å². The molecule has 1 amide bonds. The molecule has 0 bridgehead atoms. The van der Waals surface area contributed by atoms with Gasteiger partial charge in [-0.25, -0.2) is 0 Å². The molecule has 0 fully saturated rings. The fourth-order valence-corrected chi connectivity index (χ4v) is 2.68. The van der Waals surface area contributed by atoms with E-state index in [2.05, 4.69) is 10.3 Å². The number of hydrogen-bond acceptors (Lipinski definition) is 3. The number of rotatable bonds is 4. The average Bonchev–Trinajstić information content (AvgIpc) is 2.60. The number of benzene rings is 2. The van der Waals surface area contributed by atoms with Gasteiger partial charge >= 0.3 is 0 Å². The first-order valence-electron chi connectivity index (χ1n) is 7.32. The number of ether oxygens (including phenoxy) is 1. The van der Waals surface area contributed by atoms with Crippen LogP contribution in [0.2, 0.25) is 5.02 Å². The van der Waals surface area contributed by atoms with Crippen LogP contribution in [0.3, 0.4) is 0 Å². The van der Waals surface area contributed by atoms with Gasteiger partial charge in [0.1, 0.15) is 11.3 Å². The minimum Gasteiger partial charge on any atom is -0.495 e. The van der Waals surface area contributed by atoms with Crippen molar-refractivity contribution in [3.8, 4) is 5.75 Å². The number of halogens is 1. The van der Waals surface area contributed by atoms with Gasteiger partial charge in [0, 0.05) is 17.8 Å². The predicted molar refractivity (Wildman–Crippen MR) is 93.7 cm³/mol. The normalized spacial score (nSPS) is 10.6. The van der Waals surface area contributed by atoms with E-state index in [9.17, 15) is 9.59 Å². The van der Waals surface area contributed by atoms with Crippen LogP contribution >= 0.6 is 11.6 Å². The van der Waals surface area contributed by atoms with Gasteiger partial charge in [0.05, 0.1) is 18.0 Å². The van der Waals surface area contributed by atoms with Crippen LogP contribution in [-0.4, -0.2) is 18.0 Å². The third-order valence-corrected chi connectivity index (χ3v) is 4.11. The molecule has 0 saturated carbocycles. The largest absolute Gasteiger partial charge is 0.495 e. The monoisotopic (exact) mass is 342 g/mol. The van der Waals surface area contributed by atoms with Crippen molar-refractivity contribution >= 4 is 28.4 Å². The summed E-state index contributed by atoms with van der Waals surface area (Å²) in [4.78, 5) is 27.9. The molecule has 0 unspecified atom stereocenters. The van der Waals surface area contributed by atoms with Crippen molar-refractivity contribution in [2.24, 2.45) is 0 Å². The van der Waals surface area contributed by atoms with Gasteiger partial charge in [0.15, 0.2) is 0 Å². The van der Waals surface area contributed by atoms with E-state index in [1.807, 2.05) is 18.2 Å². The Labute approximate surface area is 143 Å². The molecule has 2 aromatic carbocycles. The first kappa shape index (κ1) is 16.1. The van der Waals surface area contributed by atoms with E-state index in [0.29, 0.717) is 21.7 Å². The number of H-pyrrole nitrogens is 1. The van der Waals surface area contributed by atoms with Gasteiger partial charge in [-0.3, -0.25) is 9.59 Å². The van der Waals surface area contributed by atoms with Crippen LogP contribution in [0.5, 0.6) is 5.75 Å². The van der Waals surface area contributed by atoms with Gasteiger partial charge in [-0.05, 0) is 23.8 Å². The Hall–Kier alpha value is -2.79. The first-order chi connectivity index (χ1) is 11.6. The fourth-order valence-electron chi connectivity index (χ4n) is 2.48. The van der Waals surface area contributed by atoms with E-state index in [1.54, 1.807) is 24.3 Å². The van der Waals surface area contributed by atoms with E-state index >= 15 is 0 Å². The maximum absolute atomic E-state index is 12.6. The second-order valence-corrected chi connectivity index (χ2v) is 5.60. The predicted octanol–water partition coefficient (Wildman–Crippen LogP) is 3.12. The molecule has 3 rings (SSSR count). The summed E-state index contributed by atoms with van der Waals surface area (Å²) in [6, 6.07) is 12.3. The van der Waals surface area contributed by atoms with Crippen LogP contribution < -0.4 is 15.5 Å². The number of amides is 1. The van der Waals surface area contributed by atoms with Crippen LogP contribution in [0.15, 0.2) is 53.5 Å². The molecule has 0 atom stereocenters. The highest BCUT2D eigenvalue weighted by atomic mass is 35.5. The number of aromatic amines is 1. The van der Waals surface area contributed by atoms with Crippen LogP contribution in [0, 0.1) is 0 Å². The molecule has 0 saturated heterocycles. The maximum Gasteiger partial charge on any atom is 0.257 e. The number of carbonyl (C=O) groups is 1. The van der Waals surface area contributed by atoms with Gasteiger partial charge in [-0.15, -0.1) is 0 Å². The summed E-state index contributed by atoms with van der Waals surface area (Å²) < 4.78 is 5.22. The minimum absolute atomic E-state index is 0.0443. The summed E-state index contributed by atoms with van der Waals surface area (Å²) >= 11 is 6.06. The Balaban J connectivity index is 1.89. The zero-order chi connectivity index (χ0) is 17.1. The molecule has 6 heteroatoms. The van der Waals surface area contributed by atoms with Gasteiger partial charge in [0.25, 0.3) is 5.91 Å². The summed E-state index contributed by atoms with van der Waals surface area (Å²) in [6.45, 7) is 0.244. The highest BCUT2D eigenvalue weighted by molar-refractivity contribution is 6.31. The number of pyridine rings is 1. The van der Waals surface area contributed by atoms with Gasteiger partial charge in [-0.2, -0.15) is 0 Å². The molecule has 24 heavy (non-hydrogen) atoms. The Morgan fingerprint density at radius 1 is 1.21 bits per heavy atom. The lowest BCUT2D eigenvalue weighted by atomic mass is 10.1. The topological polar surface area (TPSA) is 71.2 Å². The molecule has 0 radical (unpaired) electrons. The van der Waals surface area contributed by atoms with Crippen molar-refractivity contribution in [1.82, 2.24) is 10.3 Å². The van der Waals surface area contributed by atoms with Crippen LogP contribution in [-0.2, 0) is 6.54 Å². The third kappa shape index (κ3) is 2.98. The molecular weight excluding hydrogens is 328 g/mol. The van der Waals surface area contributed by atoms with E-state index in [-0.39, 0.29) is 17.5 Å². The lowest BCUT2D eigenvalue weighted by molar-refractivity contribution is 0.0949. The van der Waals surface area contributed by atoms with Gasteiger partial charge < -0.3 is 15.0 Å². The Kier molecular flexibility index (Phi) is 4.53. The number of hydrogen-bond donors (Lipinski definition) is 2. The summed E-state index contributed by atoms with van der Waals surface area (Å²) in [5.41, 5.74) is 1.04. The molecule has 1 aromatic heterocycles. The van der Waals surface area contributed by atoms with Crippen LogP contribution in [0.4, 0.5) is 0 Å². The van der Waals surface area contributed by atoms with Crippen molar-refractivity contribution in [2.45, 2.75) is 6.54 Å². The smallest absolute Gasteiger partial charge is 0.257 e. The molecule has 0 aliphatic rings. The van der Waals surface area contributed by atoms with E-state index in [4.69, 9.17) is 16.3 Å². The maximum atomic E-state index is 12.6. The molecule has 3 aromatic rings. The average molecular weight is 343 g/mol. The Bertz CT molecular complexity index is 966. The van der Waals surface area contributed by atoms with Crippen molar-refractivity contribution in [1.29, 1.82) is 0 Å². The molecule has 5 nitrogen and oxygen atoms in total. The zero-order valence-electron chi connectivity index (χ0n) is 12.9. The number of methoxy groups -OCH3 is 1. The Morgan fingerprint density at radius 2 is 2.00 bits per heavy atom. The zero-order valence-corrected chi connectivity index (χ0v) is 13.7. The van der Waals surface area contributed by atoms with Crippen LogP contribution in [0.25, 0.3) is 10.9 Å². The number of nitrogens with one attached hydrogen (secondary N) is 2. The molecular formula is C18H15ClN2O3. The number of para-hydroxylation sites is 1. The lowest BCUT2D eigenvalue weighted by Gasteiger charge is -2.09. The molecule has 2 N–H and O–H groups in total. The third-order valence-electron chi connectivity index (χ3n) is 3.74. The highest BCUT2D eigenvalue weighted by Gasteiger charge is 2.14. The highest BCUT2D eigenvalue weighted by Crippen LogP contribution is 2.21. The molecule has 0 aliphatic heterocycles. The van der Waals surface area contributed by atoms with Crippen molar-refractivity contribution < 1.29 is 9.53 Å². The van der Waals surface area contributed by atoms with E-state index in [0.717, 1.165) is 5.56 Å². The standard InChI is InChI=1S/C18H15ClN2O3/c1-24-15-8-4-6-12-16(15)20-10-13(17(12)22)18(23)21-9-11-5-2-3-7-14(11)19/h2-8,10H,9H2,1H3,(H,20,22)(H,21,23). The number of carbonyl (C=O) groups excluding carboxylic acids is 1. The second kappa shape index (κ2) is 6.76. The van der Waals surface area contributed by atoms with Crippen molar-refractivity contribution in [2.75, 3.05) is 7.11 Å². The molecule has 0 spiro atoms. The summed E-state index contributed by atoms with van der Waals surface area (Å²) in [5, 5.41) is 3.68. The molecule has 122 valence electrons. The summed E-state index contributed by atoms with van der Waals surface area (Å²) in [7, 11) is 1.53. The van der Waals surface area contributed by atoms with Gasteiger partial charge in [0.2, 0.25) is 5.43 Å². The summed E-state index contributed by atoms with van der Waals surface area (Å²) in [5.74, 6) is 0.0912. The molecule has 1 heterocycles.